The average molecular weight is 317 g/mol. The van der Waals surface area contributed by atoms with Crippen molar-refractivity contribution in [2.24, 2.45) is 5.73 Å². The summed E-state index contributed by atoms with van der Waals surface area (Å²) in [5.41, 5.74) is 5.70. The predicted octanol–water partition coefficient (Wildman–Crippen LogP) is -0.0343. The lowest BCUT2D eigenvalue weighted by atomic mass is 10.2. The van der Waals surface area contributed by atoms with Crippen molar-refractivity contribution in [1.29, 1.82) is 0 Å². The van der Waals surface area contributed by atoms with Gasteiger partial charge in [0, 0.05) is 31.4 Å². The van der Waals surface area contributed by atoms with Crippen LogP contribution in [0.25, 0.3) is 10.9 Å². The van der Waals surface area contributed by atoms with Gasteiger partial charge in [-0.3, -0.25) is 14.3 Å². The Bertz CT molecular complexity index is 883. The van der Waals surface area contributed by atoms with E-state index >= 15 is 0 Å². The van der Waals surface area contributed by atoms with E-state index in [1.807, 2.05) is 4.90 Å². The molecule has 0 aromatic carbocycles. The molecule has 122 valence electrons. The highest BCUT2D eigenvalue weighted by Crippen LogP contribution is 2.40. The fraction of sp³-hybridized carbons (Fsp3) is 0.533. The molecule has 2 aliphatic rings. The number of anilines is 1. The van der Waals surface area contributed by atoms with Crippen LogP contribution in [0.15, 0.2) is 15.8 Å². The fourth-order valence-corrected chi connectivity index (χ4v) is 3.28. The van der Waals surface area contributed by atoms with Crippen LogP contribution in [0.1, 0.15) is 25.3 Å². The SMILES string of the molecule is COc1c(N2CCC(N)C2)ncc2c(=O)[nH]c(=O)n(C3CC3)c12. The molecule has 1 aliphatic carbocycles. The molecule has 1 saturated heterocycles. The summed E-state index contributed by atoms with van der Waals surface area (Å²) in [5, 5.41) is 0.376. The summed E-state index contributed by atoms with van der Waals surface area (Å²) in [6, 6.07) is 0.217. The minimum atomic E-state index is -0.433. The van der Waals surface area contributed by atoms with E-state index < -0.39 is 11.2 Å². The number of H-pyrrole nitrogens is 1. The molecule has 23 heavy (non-hydrogen) atoms. The van der Waals surface area contributed by atoms with Crippen molar-refractivity contribution in [2.45, 2.75) is 31.3 Å². The first-order valence-electron chi connectivity index (χ1n) is 7.82. The monoisotopic (exact) mass is 317 g/mol. The van der Waals surface area contributed by atoms with Crippen LogP contribution in [0.4, 0.5) is 5.82 Å². The van der Waals surface area contributed by atoms with E-state index in [2.05, 4.69) is 9.97 Å². The quantitative estimate of drug-likeness (QED) is 0.823. The van der Waals surface area contributed by atoms with Crippen molar-refractivity contribution in [3.63, 3.8) is 0 Å². The molecule has 4 rings (SSSR count). The number of rotatable bonds is 3. The van der Waals surface area contributed by atoms with E-state index in [-0.39, 0.29) is 12.1 Å². The summed E-state index contributed by atoms with van der Waals surface area (Å²) < 4.78 is 7.21. The van der Waals surface area contributed by atoms with E-state index in [1.165, 1.54) is 6.20 Å². The van der Waals surface area contributed by atoms with Crippen LogP contribution < -0.4 is 26.6 Å². The van der Waals surface area contributed by atoms with Gasteiger partial charge in [-0.15, -0.1) is 0 Å². The first-order valence-corrected chi connectivity index (χ1v) is 7.82. The third-order valence-electron chi connectivity index (χ3n) is 4.55. The summed E-state index contributed by atoms with van der Waals surface area (Å²) in [4.78, 5) is 33.3. The number of nitrogens with two attached hydrogens (primary N) is 1. The van der Waals surface area contributed by atoms with Gasteiger partial charge in [-0.2, -0.15) is 0 Å². The molecule has 2 aromatic heterocycles. The average Bonchev–Trinajstić information content (AvgIpc) is 3.26. The van der Waals surface area contributed by atoms with Gasteiger partial charge in [0.1, 0.15) is 5.52 Å². The van der Waals surface area contributed by atoms with Crippen LogP contribution in [0, 0.1) is 0 Å². The highest BCUT2D eigenvalue weighted by Gasteiger charge is 2.31. The molecule has 0 amide bonds. The van der Waals surface area contributed by atoms with Gasteiger partial charge in [-0.25, -0.2) is 9.78 Å². The number of hydrogen-bond donors (Lipinski definition) is 2. The zero-order chi connectivity index (χ0) is 16.1. The largest absolute Gasteiger partial charge is 0.491 e. The number of aromatic amines is 1. The summed E-state index contributed by atoms with van der Waals surface area (Å²) in [5.74, 6) is 1.12. The van der Waals surface area contributed by atoms with E-state index in [9.17, 15) is 9.59 Å². The van der Waals surface area contributed by atoms with Gasteiger partial charge in [0.15, 0.2) is 11.6 Å². The Morgan fingerprint density at radius 1 is 1.35 bits per heavy atom. The van der Waals surface area contributed by atoms with Crippen LogP contribution >= 0.6 is 0 Å². The summed E-state index contributed by atoms with van der Waals surface area (Å²) in [7, 11) is 1.54. The predicted molar refractivity (Wildman–Crippen MR) is 86.3 cm³/mol. The van der Waals surface area contributed by atoms with Gasteiger partial charge < -0.3 is 15.4 Å². The van der Waals surface area contributed by atoms with Crippen LogP contribution in [-0.2, 0) is 0 Å². The second-order valence-corrected chi connectivity index (χ2v) is 6.23. The van der Waals surface area contributed by atoms with Gasteiger partial charge >= 0.3 is 5.69 Å². The lowest BCUT2D eigenvalue weighted by Crippen LogP contribution is -2.31. The molecule has 1 saturated carbocycles. The Morgan fingerprint density at radius 3 is 2.74 bits per heavy atom. The Balaban J connectivity index is 2.02. The summed E-state index contributed by atoms with van der Waals surface area (Å²) in [6.45, 7) is 1.47. The molecular weight excluding hydrogens is 298 g/mol. The molecule has 0 spiro atoms. The normalized spacial score (nSPS) is 21.1. The molecule has 1 atom stereocenters. The summed E-state index contributed by atoms with van der Waals surface area (Å²) in [6.07, 6.45) is 4.26. The lowest BCUT2D eigenvalue weighted by Gasteiger charge is -2.21. The number of nitrogens with one attached hydrogen (secondary N) is 1. The highest BCUT2D eigenvalue weighted by atomic mass is 16.5. The molecule has 8 nitrogen and oxygen atoms in total. The molecule has 0 radical (unpaired) electrons. The number of fused-ring (bicyclic) bond motifs is 1. The minimum Gasteiger partial charge on any atom is -0.491 e. The molecular formula is C15H19N5O3. The fourth-order valence-electron chi connectivity index (χ4n) is 3.28. The van der Waals surface area contributed by atoms with E-state index in [1.54, 1.807) is 11.7 Å². The Morgan fingerprint density at radius 2 is 2.13 bits per heavy atom. The van der Waals surface area contributed by atoms with Gasteiger partial charge in [-0.05, 0) is 19.3 Å². The third-order valence-corrected chi connectivity index (χ3v) is 4.55. The van der Waals surface area contributed by atoms with Gasteiger partial charge in [-0.1, -0.05) is 0 Å². The maximum atomic E-state index is 12.3. The van der Waals surface area contributed by atoms with Crippen LogP contribution in [0.5, 0.6) is 5.75 Å². The maximum absolute atomic E-state index is 12.3. The standard InChI is InChI=1S/C15H19N5O3/c1-23-12-11-10(6-17-13(12)19-5-4-8(16)7-19)14(21)18-15(22)20(11)9-2-3-9/h6,8-9H,2-5,7,16H2,1H3,(H,18,21,22). The van der Waals surface area contributed by atoms with Crippen LogP contribution in [0.2, 0.25) is 0 Å². The van der Waals surface area contributed by atoms with Crippen molar-refractivity contribution in [1.82, 2.24) is 14.5 Å². The number of aromatic nitrogens is 3. The summed E-state index contributed by atoms with van der Waals surface area (Å²) >= 11 is 0. The Hall–Kier alpha value is -2.35. The number of pyridine rings is 1. The van der Waals surface area contributed by atoms with Gasteiger partial charge in [0.25, 0.3) is 5.56 Å². The smallest absolute Gasteiger partial charge is 0.329 e. The van der Waals surface area contributed by atoms with Gasteiger partial charge in [0.2, 0.25) is 0 Å². The lowest BCUT2D eigenvalue weighted by molar-refractivity contribution is 0.414. The van der Waals surface area contributed by atoms with Crippen molar-refractivity contribution in [2.75, 3.05) is 25.1 Å². The highest BCUT2D eigenvalue weighted by molar-refractivity contribution is 5.88. The van der Waals surface area contributed by atoms with E-state index in [0.717, 1.165) is 25.8 Å². The Kier molecular flexibility index (Phi) is 3.15. The van der Waals surface area contributed by atoms with Crippen molar-refractivity contribution in [3.05, 3.63) is 27.0 Å². The first kappa shape index (κ1) is 14.3. The second-order valence-electron chi connectivity index (χ2n) is 6.23. The number of nitrogens with zero attached hydrogens (tertiary/aromatic N) is 3. The van der Waals surface area contributed by atoms with Crippen LogP contribution in [0.3, 0.4) is 0 Å². The molecule has 1 unspecified atom stereocenters. The molecule has 8 heteroatoms. The third kappa shape index (κ3) is 2.21. The number of ether oxygens (including phenoxy) is 1. The Labute approximate surface area is 131 Å². The molecule has 3 N–H and O–H groups in total. The number of hydrogen-bond acceptors (Lipinski definition) is 6. The van der Waals surface area contributed by atoms with E-state index in [0.29, 0.717) is 29.0 Å². The topological polar surface area (TPSA) is 106 Å². The molecule has 2 fully saturated rings. The van der Waals surface area contributed by atoms with Gasteiger partial charge in [0.05, 0.1) is 12.5 Å². The van der Waals surface area contributed by atoms with Crippen molar-refractivity contribution < 1.29 is 4.74 Å². The second kappa shape index (κ2) is 5.09. The minimum absolute atomic E-state index is 0.0991. The molecule has 0 bridgehead atoms. The molecule has 1 aliphatic heterocycles. The van der Waals surface area contributed by atoms with Crippen LogP contribution in [-0.4, -0.2) is 40.8 Å². The first-order chi connectivity index (χ1) is 11.1. The zero-order valence-corrected chi connectivity index (χ0v) is 12.9. The zero-order valence-electron chi connectivity index (χ0n) is 12.9. The van der Waals surface area contributed by atoms with E-state index in [4.69, 9.17) is 10.5 Å². The number of methoxy groups -OCH3 is 1. The van der Waals surface area contributed by atoms with Crippen molar-refractivity contribution >= 4 is 16.7 Å². The maximum Gasteiger partial charge on any atom is 0.329 e. The van der Waals surface area contributed by atoms with Crippen molar-refractivity contribution in [3.8, 4) is 5.75 Å². The molecule has 2 aromatic rings. The molecule has 3 heterocycles.